The predicted molar refractivity (Wildman–Crippen MR) is 92.4 cm³/mol. The van der Waals surface area contributed by atoms with Crippen molar-refractivity contribution in [3.8, 4) is 0 Å². The lowest BCUT2D eigenvalue weighted by Gasteiger charge is -2.16. The molecule has 4 rings (SSSR count). The summed E-state index contributed by atoms with van der Waals surface area (Å²) in [7, 11) is 0. The predicted octanol–water partition coefficient (Wildman–Crippen LogP) is 4.93. The lowest BCUT2D eigenvalue weighted by molar-refractivity contribution is -0.141. The first kappa shape index (κ1) is 16.6. The summed E-state index contributed by atoms with van der Waals surface area (Å²) in [6, 6.07) is 5.38. The second kappa shape index (κ2) is 6.44. The highest BCUT2D eigenvalue weighted by molar-refractivity contribution is 6.14. The first-order valence-electron chi connectivity index (χ1n) is 8.35. The summed E-state index contributed by atoms with van der Waals surface area (Å²) in [4.78, 5) is 4.58. The number of nitrogens with zero attached hydrogens (tertiary/aromatic N) is 3. The Hall–Kier alpha value is -2.90. The first-order chi connectivity index (χ1) is 12.5. The highest BCUT2D eigenvalue weighted by Crippen LogP contribution is 2.34. The number of nitrogens with one attached hydrogen (secondary N) is 2. The molecular formula is C18H16F3N5. The van der Waals surface area contributed by atoms with Crippen molar-refractivity contribution < 1.29 is 13.2 Å². The molecule has 0 bridgehead atoms. The van der Waals surface area contributed by atoms with E-state index in [2.05, 4.69) is 25.4 Å². The summed E-state index contributed by atoms with van der Waals surface area (Å²) >= 11 is 0. The van der Waals surface area contributed by atoms with Crippen molar-refractivity contribution in [1.29, 1.82) is 0 Å². The normalized spacial score (nSPS) is 16.1. The van der Waals surface area contributed by atoms with Crippen LogP contribution < -0.4 is 0 Å². The Bertz CT molecular complexity index is 994. The second-order valence-electron chi connectivity index (χ2n) is 6.22. The summed E-state index contributed by atoms with van der Waals surface area (Å²) in [6.45, 7) is 0. The zero-order valence-corrected chi connectivity index (χ0v) is 13.8. The molecule has 0 fully saturated rings. The number of fused-ring (bicyclic) bond motifs is 1. The molecule has 1 aromatic carbocycles. The van der Waals surface area contributed by atoms with Gasteiger partial charge in [0.15, 0.2) is 5.69 Å². The van der Waals surface area contributed by atoms with Crippen LogP contribution in [0.2, 0.25) is 0 Å². The van der Waals surface area contributed by atoms with Gasteiger partial charge >= 0.3 is 6.18 Å². The molecule has 0 aliphatic heterocycles. The van der Waals surface area contributed by atoms with Gasteiger partial charge in [0.25, 0.3) is 0 Å². The third kappa shape index (κ3) is 3.14. The lowest BCUT2D eigenvalue weighted by atomic mass is 9.92. The Morgan fingerprint density at radius 2 is 2.08 bits per heavy atom. The van der Waals surface area contributed by atoms with E-state index in [4.69, 9.17) is 0 Å². The first-order valence-corrected chi connectivity index (χ1v) is 8.35. The van der Waals surface area contributed by atoms with Gasteiger partial charge in [0, 0.05) is 11.6 Å². The fraction of sp³-hybridized carbons (Fsp3) is 0.278. The van der Waals surface area contributed by atoms with Crippen LogP contribution in [-0.2, 0) is 6.18 Å². The average molecular weight is 359 g/mol. The SMILES string of the molecule is FC(F)(F)c1n[nH]cc1/C(=N/c1ccc2[nH]ncc2c1)C1=CCCCC1. The highest BCUT2D eigenvalue weighted by atomic mass is 19.4. The number of aromatic amines is 2. The van der Waals surface area contributed by atoms with Crippen LogP contribution >= 0.6 is 0 Å². The zero-order chi connectivity index (χ0) is 18.1. The Kier molecular flexibility index (Phi) is 4.10. The van der Waals surface area contributed by atoms with Crippen LogP contribution in [0.15, 0.2) is 47.2 Å². The van der Waals surface area contributed by atoms with E-state index in [0.29, 0.717) is 17.8 Å². The average Bonchev–Trinajstić information content (AvgIpc) is 3.28. The zero-order valence-electron chi connectivity index (χ0n) is 13.8. The van der Waals surface area contributed by atoms with Gasteiger partial charge < -0.3 is 0 Å². The van der Waals surface area contributed by atoms with Crippen molar-refractivity contribution in [3.63, 3.8) is 0 Å². The number of aliphatic imine (C=N–C) groups is 1. The van der Waals surface area contributed by atoms with Gasteiger partial charge in [-0.25, -0.2) is 4.99 Å². The molecule has 26 heavy (non-hydrogen) atoms. The Morgan fingerprint density at radius 3 is 2.85 bits per heavy atom. The van der Waals surface area contributed by atoms with Gasteiger partial charge in [0.1, 0.15) is 0 Å². The molecule has 3 aromatic rings. The molecule has 134 valence electrons. The smallest absolute Gasteiger partial charge is 0.284 e. The van der Waals surface area contributed by atoms with Gasteiger partial charge in [-0.1, -0.05) is 6.08 Å². The number of benzene rings is 1. The van der Waals surface area contributed by atoms with Gasteiger partial charge in [-0.3, -0.25) is 10.2 Å². The molecule has 2 aromatic heterocycles. The molecule has 8 heteroatoms. The summed E-state index contributed by atoms with van der Waals surface area (Å²) in [5.41, 5.74) is 1.63. The van der Waals surface area contributed by atoms with E-state index >= 15 is 0 Å². The van der Waals surface area contributed by atoms with Crippen LogP contribution in [0.1, 0.15) is 36.9 Å². The molecule has 1 aliphatic rings. The number of aromatic nitrogens is 4. The molecule has 0 amide bonds. The maximum atomic E-state index is 13.3. The maximum absolute atomic E-state index is 13.3. The Balaban J connectivity index is 1.86. The molecule has 2 N–H and O–H groups in total. The molecule has 0 atom stereocenters. The summed E-state index contributed by atoms with van der Waals surface area (Å²) in [6.07, 6.45) is 3.88. The van der Waals surface area contributed by atoms with Crippen LogP contribution in [0.5, 0.6) is 0 Å². The third-order valence-corrected chi connectivity index (χ3v) is 4.42. The van der Waals surface area contributed by atoms with Gasteiger partial charge in [-0.05, 0) is 49.5 Å². The fourth-order valence-corrected chi connectivity index (χ4v) is 3.17. The maximum Gasteiger partial charge on any atom is 0.435 e. The monoisotopic (exact) mass is 359 g/mol. The van der Waals surface area contributed by atoms with Gasteiger partial charge in [-0.15, -0.1) is 0 Å². The molecule has 5 nitrogen and oxygen atoms in total. The number of hydrogen-bond donors (Lipinski definition) is 2. The van der Waals surface area contributed by atoms with Gasteiger partial charge in [-0.2, -0.15) is 23.4 Å². The minimum atomic E-state index is -4.54. The minimum absolute atomic E-state index is 0.0158. The van der Waals surface area contributed by atoms with Crippen LogP contribution in [0.4, 0.5) is 18.9 Å². The van der Waals surface area contributed by atoms with Crippen molar-refractivity contribution in [2.24, 2.45) is 4.99 Å². The number of allylic oxidation sites excluding steroid dienone is 2. The standard InChI is InChI=1S/C18H16F3N5/c19-18(20,21)17-14(10-23-26-17)16(11-4-2-1-3-5-11)24-13-6-7-15-12(8-13)9-22-25-15/h4,6-10H,1-3,5H2,(H,22,25)(H,23,26)/b24-16+. The van der Waals surface area contributed by atoms with E-state index in [0.717, 1.165) is 35.7 Å². The second-order valence-corrected chi connectivity index (χ2v) is 6.22. The largest absolute Gasteiger partial charge is 0.435 e. The quantitative estimate of drug-likeness (QED) is 0.651. The molecule has 0 radical (unpaired) electrons. The van der Waals surface area contributed by atoms with E-state index in [1.807, 2.05) is 12.1 Å². The fourth-order valence-electron chi connectivity index (χ4n) is 3.17. The van der Waals surface area contributed by atoms with Crippen molar-refractivity contribution in [1.82, 2.24) is 20.4 Å². The minimum Gasteiger partial charge on any atom is -0.284 e. The van der Waals surface area contributed by atoms with Crippen LogP contribution in [0.25, 0.3) is 10.9 Å². The molecule has 0 saturated carbocycles. The number of halogens is 3. The molecule has 0 unspecified atom stereocenters. The highest BCUT2D eigenvalue weighted by Gasteiger charge is 2.38. The number of rotatable bonds is 3. The van der Waals surface area contributed by atoms with Crippen molar-refractivity contribution >= 4 is 22.3 Å². The Morgan fingerprint density at radius 1 is 1.19 bits per heavy atom. The van der Waals surface area contributed by atoms with E-state index in [1.165, 1.54) is 6.20 Å². The van der Waals surface area contributed by atoms with Crippen LogP contribution in [0.3, 0.4) is 0 Å². The lowest BCUT2D eigenvalue weighted by Crippen LogP contribution is -2.15. The third-order valence-electron chi connectivity index (χ3n) is 4.42. The molecule has 0 saturated heterocycles. The summed E-state index contributed by atoms with van der Waals surface area (Å²) in [5, 5.41) is 13.4. The number of alkyl halides is 3. The molecule has 1 aliphatic carbocycles. The molecule has 2 heterocycles. The van der Waals surface area contributed by atoms with Crippen LogP contribution in [-0.4, -0.2) is 26.1 Å². The molecular weight excluding hydrogens is 343 g/mol. The van der Waals surface area contributed by atoms with Crippen LogP contribution in [0, 0.1) is 0 Å². The van der Waals surface area contributed by atoms with Crippen molar-refractivity contribution in [3.05, 3.63) is 53.5 Å². The van der Waals surface area contributed by atoms with E-state index in [1.54, 1.807) is 18.3 Å². The van der Waals surface area contributed by atoms with E-state index in [9.17, 15) is 13.2 Å². The van der Waals surface area contributed by atoms with Crippen molar-refractivity contribution in [2.45, 2.75) is 31.9 Å². The molecule has 0 spiro atoms. The van der Waals surface area contributed by atoms with Gasteiger partial charge in [0.05, 0.1) is 28.7 Å². The topological polar surface area (TPSA) is 69.7 Å². The summed E-state index contributed by atoms with van der Waals surface area (Å²) < 4.78 is 40.0. The summed E-state index contributed by atoms with van der Waals surface area (Å²) in [5.74, 6) is 0. The Labute approximate surface area is 147 Å². The van der Waals surface area contributed by atoms with E-state index in [-0.39, 0.29) is 5.56 Å². The van der Waals surface area contributed by atoms with Gasteiger partial charge in [0.2, 0.25) is 0 Å². The number of H-pyrrole nitrogens is 2. The van der Waals surface area contributed by atoms with E-state index < -0.39 is 11.9 Å². The number of hydrogen-bond acceptors (Lipinski definition) is 3. The van der Waals surface area contributed by atoms with Crippen molar-refractivity contribution in [2.75, 3.05) is 0 Å².